The summed E-state index contributed by atoms with van der Waals surface area (Å²) in [4.78, 5) is 8.64. The van der Waals surface area contributed by atoms with Gasteiger partial charge in [0.2, 0.25) is 5.96 Å². The number of thiocarbonyl (C=S) groups is 1. The summed E-state index contributed by atoms with van der Waals surface area (Å²) in [5.41, 5.74) is 6.77. The number of nitrogens with two attached hydrogens (primary N) is 1. The summed E-state index contributed by atoms with van der Waals surface area (Å²) < 4.78 is 0. The molecule has 1 aliphatic rings. The SMILES string of the molecule is CC(c1ccc(Cl)cc1)N1CCCN(C)C1=NC(N)=S. The molecule has 4 nitrogen and oxygen atoms in total. The first kappa shape index (κ1) is 15.1. The lowest BCUT2D eigenvalue weighted by atomic mass is 10.1. The summed E-state index contributed by atoms with van der Waals surface area (Å²) in [6.45, 7) is 4.05. The summed E-state index contributed by atoms with van der Waals surface area (Å²) in [7, 11) is 2.01. The Labute approximate surface area is 130 Å². The van der Waals surface area contributed by atoms with Crippen LogP contribution in [0.5, 0.6) is 0 Å². The second-order valence-electron chi connectivity index (χ2n) is 4.95. The predicted molar refractivity (Wildman–Crippen MR) is 88.0 cm³/mol. The second-order valence-corrected chi connectivity index (χ2v) is 5.80. The van der Waals surface area contributed by atoms with Crippen molar-refractivity contribution in [2.45, 2.75) is 19.4 Å². The van der Waals surface area contributed by atoms with Gasteiger partial charge >= 0.3 is 0 Å². The molecule has 1 unspecified atom stereocenters. The van der Waals surface area contributed by atoms with Gasteiger partial charge in [-0.05, 0) is 43.3 Å². The Morgan fingerprint density at radius 2 is 2.00 bits per heavy atom. The van der Waals surface area contributed by atoms with Crippen LogP contribution in [0, 0.1) is 0 Å². The Bertz CT molecular complexity index is 514. The molecule has 0 aromatic heterocycles. The Morgan fingerprint density at radius 1 is 1.35 bits per heavy atom. The molecule has 0 aliphatic carbocycles. The van der Waals surface area contributed by atoms with E-state index in [-0.39, 0.29) is 11.2 Å². The molecule has 2 rings (SSSR count). The topological polar surface area (TPSA) is 44.9 Å². The van der Waals surface area contributed by atoms with Crippen molar-refractivity contribution in [1.82, 2.24) is 9.80 Å². The number of hydrogen-bond acceptors (Lipinski definition) is 1. The highest BCUT2D eigenvalue weighted by molar-refractivity contribution is 7.80. The molecule has 2 N–H and O–H groups in total. The van der Waals surface area contributed by atoms with Gasteiger partial charge in [0.05, 0.1) is 6.04 Å². The molecule has 1 saturated heterocycles. The molecule has 1 heterocycles. The van der Waals surface area contributed by atoms with E-state index in [1.807, 2.05) is 31.3 Å². The Balaban J connectivity index is 2.28. The normalized spacial score (nSPS) is 19.2. The number of guanidine groups is 1. The van der Waals surface area contributed by atoms with Crippen LogP contribution in [0.2, 0.25) is 5.02 Å². The van der Waals surface area contributed by atoms with Crippen molar-refractivity contribution < 1.29 is 0 Å². The largest absolute Gasteiger partial charge is 0.374 e. The van der Waals surface area contributed by atoms with Gasteiger partial charge in [-0.3, -0.25) is 0 Å². The molecule has 0 radical (unpaired) electrons. The van der Waals surface area contributed by atoms with Crippen LogP contribution in [-0.2, 0) is 0 Å². The number of benzene rings is 1. The van der Waals surface area contributed by atoms with E-state index in [0.29, 0.717) is 0 Å². The molecular weight excluding hydrogens is 292 g/mol. The van der Waals surface area contributed by atoms with Gasteiger partial charge in [0.15, 0.2) is 5.11 Å². The van der Waals surface area contributed by atoms with Crippen molar-refractivity contribution in [3.05, 3.63) is 34.9 Å². The van der Waals surface area contributed by atoms with Gasteiger partial charge in [-0.2, -0.15) is 4.99 Å². The maximum absolute atomic E-state index is 5.94. The van der Waals surface area contributed by atoms with Crippen LogP contribution in [0.4, 0.5) is 0 Å². The molecule has 1 aromatic rings. The molecule has 20 heavy (non-hydrogen) atoms. The second kappa shape index (κ2) is 6.41. The van der Waals surface area contributed by atoms with E-state index in [9.17, 15) is 0 Å². The molecule has 1 aliphatic heterocycles. The number of halogens is 1. The lowest BCUT2D eigenvalue weighted by Crippen LogP contribution is -2.49. The average molecular weight is 311 g/mol. The van der Waals surface area contributed by atoms with Gasteiger partial charge in [0, 0.05) is 25.2 Å². The van der Waals surface area contributed by atoms with E-state index in [2.05, 4.69) is 21.7 Å². The zero-order chi connectivity index (χ0) is 14.7. The molecule has 108 valence electrons. The maximum Gasteiger partial charge on any atom is 0.204 e. The van der Waals surface area contributed by atoms with Gasteiger partial charge in [-0.15, -0.1) is 0 Å². The Morgan fingerprint density at radius 3 is 2.60 bits per heavy atom. The highest BCUT2D eigenvalue weighted by atomic mass is 35.5. The Kier molecular flexibility index (Phi) is 4.83. The zero-order valence-electron chi connectivity index (χ0n) is 11.7. The minimum Gasteiger partial charge on any atom is -0.374 e. The van der Waals surface area contributed by atoms with Crippen LogP contribution in [-0.4, -0.2) is 41.0 Å². The number of nitrogens with zero attached hydrogens (tertiary/aromatic N) is 3. The smallest absolute Gasteiger partial charge is 0.204 e. The van der Waals surface area contributed by atoms with Crippen LogP contribution in [0.3, 0.4) is 0 Å². The minimum atomic E-state index is 0.169. The molecule has 1 aromatic carbocycles. The molecule has 0 bridgehead atoms. The summed E-state index contributed by atoms with van der Waals surface area (Å²) in [5, 5.41) is 0.913. The molecule has 0 amide bonds. The monoisotopic (exact) mass is 310 g/mol. The van der Waals surface area contributed by atoms with Gasteiger partial charge in [-0.25, -0.2) is 0 Å². The standard InChI is InChI=1S/C14H19ClN4S/c1-10(11-4-6-12(15)7-5-11)19-9-3-8-18(2)14(19)17-13(16)20/h4-7,10H,3,8-9H2,1-2H3,(H2,16,20). The number of aliphatic imine (C=N–C) groups is 1. The van der Waals surface area contributed by atoms with E-state index in [4.69, 9.17) is 29.6 Å². The highest BCUT2D eigenvalue weighted by Crippen LogP contribution is 2.25. The van der Waals surface area contributed by atoms with E-state index in [1.165, 1.54) is 5.56 Å². The summed E-state index contributed by atoms with van der Waals surface area (Å²) in [5.74, 6) is 0.839. The fraction of sp³-hybridized carbons (Fsp3) is 0.429. The quantitative estimate of drug-likeness (QED) is 0.853. The first-order valence-corrected chi connectivity index (χ1v) is 7.39. The van der Waals surface area contributed by atoms with Crippen LogP contribution in [0.1, 0.15) is 24.9 Å². The lowest BCUT2D eigenvalue weighted by Gasteiger charge is -2.40. The third kappa shape index (κ3) is 3.41. The van der Waals surface area contributed by atoms with Gasteiger partial charge < -0.3 is 15.5 Å². The lowest BCUT2D eigenvalue weighted by molar-refractivity contribution is 0.239. The van der Waals surface area contributed by atoms with Crippen LogP contribution in [0.25, 0.3) is 0 Å². The van der Waals surface area contributed by atoms with Crippen LogP contribution in [0.15, 0.2) is 29.3 Å². The van der Waals surface area contributed by atoms with Crippen molar-refractivity contribution >= 4 is 34.9 Å². The van der Waals surface area contributed by atoms with Crippen LogP contribution >= 0.6 is 23.8 Å². The molecular formula is C14H19ClN4S. The van der Waals surface area contributed by atoms with Crippen molar-refractivity contribution in [3.63, 3.8) is 0 Å². The predicted octanol–water partition coefficient (Wildman–Crippen LogP) is 2.64. The number of rotatable bonds is 2. The van der Waals surface area contributed by atoms with Crippen molar-refractivity contribution in [1.29, 1.82) is 0 Å². The van der Waals surface area contributed by atoms with Gasteiger partial charge in [0.1, 0.15) is 0 Å². The first-order valence-electron chi connectivity index (χ1n) is 6.60. The van der Waals surface area contributed by atoms with E-state index in [1.54, 1.807) is 0 Å². The van der Waals surface area contributed by atoms with E-state index in [0.717, 1.165) is 30.5 Å². The van der Waals surface area contributed by atoms with Crippen molar-refractivity contribution in [2.24, 2.45) is 10.7 Å². The van der Waals surface area contributed by atoms with Gasteiger partial charge in [0.25, 0.3) is 0 Å². The fourth-order valence-electron chi connectivity index (χ4n) is 2.43. The van der Waals surface area contributed by atoms with Gasteiger partial charge in [-0.1, -0.05) is 23.7 Å². The Hall–Kier alpha value is -1.33. The highest BCUT2D eigenvalue weighted by Gasteiger charge is 2.26. The molecule has 0 spiro atoms. The summed E-state index contributed by atoms with van der Waals surface area (Å²) in [6.07, 6.45) is 1.09. The van der Waals surface area contributed by atoms with Crippen molar-refractivity contribution in [2.75, 3.05) is 20.1 Å². The first-order chi connectivity index (χ1) is 9.49. The fourth-order valence-corrected chi connectivity index (χ4v) is 2.64. The summed E-state index contributed by atoms with van der Waals surface area (Å²) >= 11 is 10.9. The molecule has 1 fully saturated rings. The third-order valence-electron chi connectivity index (χ3n) is 3.52. The minimum absolute atomic E-state index is 0.169. The molecule has 1 atom stereocenters. The average Bonchev–Trinajstić information content (AvgIpc) is 2.41. The number of hydrogen-bond donors (Lipinski definition) is 1. The molecule has 6 heteroatoms. The molecule has 0 saturated carbocycles. The zero-order valence-corrected chi connectivity index (χ0v) is 13.3. The maximum atomic E-state index is 5.94. The van der Waals surface area contributed by atoms with E-state index < -0.39 is 0 Å². The van der Waals surface area contributed by atoms with Crippen LogP contribution < -0.4 is 5.73 Å². The van der Waals surface area contributed by atoms with Crippen molar-refractivity contribution in [3.8, 4) is 0 Å². The third-order valence-corrected chi connectivity index (χ3v) is 3.86. The van der Waals surface area contributed by atoms with E-state index >= 15 is 0 Å². The summed E-state index contributed by atoms with van der Waals surface area (Å²) in [6, 6.07) is 8.10.